The topological polar surface area (TPSA) is 111 Å². The molecule has 1 aliphatic rings. The van der Waals surface area contributed by atoms with E-state index in [1.165, 1.54) is 44.6 Å². The van der Waals surface area contributed by atoms with Crippen molar-refractivity contribution in [2.24, 2.45) is 0 Å². The van der Waals surface area contributed by atoms with Gasteiger partial charge in [0.05, 0.1) is 25.5 Å². The first-order chi connectivity index (χ1) is 15.4. The van der Waals surface area contributed by atoms with Crippen molar-refractivity contribution in [3.63, 3.8) is 0 Å². The number of imide groups is 2. The molecule has 0 radical (unpaired) electrons. The Kier molecular flexibility index (Phi) is 6.56. The first-order valence-electron chi connectivity index (χ1n) is 9.23. The van der Waals surface area contributed by atoms with Crippen molar-refractivity contribution in [2.45, 2.75) is 0 Å². The summed E-state index contributed by atoms with van der Waals surface area (Å²) in [7, 11) is 2.68. The molecule has 2 aromatic rings. The molecule has 1 fully saturated rings. The van der Waals surface area contributed by atoms with Gasteiger partial charge in [0.15, 0.2) is 11.5 Å². The molecule has 3 rings (SSSR count). The second-order valence-electron chi connectivity index (χ2n) is 6.40. The van der Waals surface area contributed by atoms with E-state index in [0.29, 0.717) is 17.1 Å². The summed E-state index contributed by atoms with van der Waals surface area (Å²) in [6.45, 7) is 0.0452. The van der Waals surface area contributed by atoms with E-state index in [0.717, 1.165) is 4.90 Å². The zero-order valence-corrected chi connectivity index (χ0v) is 17.2. The number of methoxy groups -OCH3 is 2. The van der Waals surface area contributed by atoms with Gasteiger partial charge in [-0.1, -0.05) is 12.0 Å². The van der Waals surface area contributed by atoms with Crippen LogP contribution < -0.4 is 19.7 Å². The SMILES string of the molecule is C#CCOc1ccc(/C=C2\C(=O)NC(=O)N(c3ccc(C(=O)OC)cc3)C2=O)cc1OC. The van der Waals surface area contributed by atoms with Gasteiger partial charge >= 0.3 is 12.0 Å². The molecule has 0 saturated carbocycles. The molecule has 1 saturated heterocycles. The summed E-state index contributed by atoms with van der Waals surface area (Å²) < 4.78 is 15.3. The quantitative estimate of drug-likeness (QED) is 0.321. The van der Waals surface area contributed by atoms with Crippen LogP contribution in [0.25, 0.3) is 6.08 Å². The van der Waals surface area contributed by atoms with Gasteiger partial charge in [-0.25, -0.2) is 14.5 Å². The molecule has 1 aliphatic heterocycles. The van der Waals surface area contributed by atoms with Crippen molar-refractivity contribution < 1.29 is 33.4 Å². The Morgan fingerprint density at radius 2 is 1.81 bits per heavy atom. The normalized spacial score (nSPS) is 14.6. The van der Waals surface area contributed by atoms with Gasteiger partial charge in [-0.3, -0.25) is 14.9 Å². The number of esters is 1. The molecule has 0 aliphatic carbocycles. The molecule has 4 amide bonds. The summed E-state index contributed by atoms with van der Waals surface area (Å²) in [6, 6.07) is 9.46. The van der Waals surface area contributed by atoms with Gasteiger partial charge in [-0.15, -0.1) is 6.42 Å². The highest BCUT2D eigenvalue weighted by molar-refractivity contribution is 6.39. The minimum Gasteiger partial charge on any atom is -0.493 e. The van der Waals surface area contributed by atoms with Crippen molar-refractivity contribution in [2.75, 3.05) is 25.7 Å². The smallest absolute Gasteiger partial charge is 0.337 e. The van der Waals surface area contributed by atoms with Crippen LogP contribution in [0.3, 0.4) is 0 Å². The number of nitrogens with one attached hydrogen (secondary N) is 1. The fourth-order valence-corrected chi connectivity index (χ4v) is 2.94. The van der Waals surface area contributed by atoms with Crippen LogP contribution in [0.15, 0.2) is 48.0 Å². The van der Waals surface area contributed by atoms with Crippen LogP contribution in [0.1, 0.15) is 15.9 Å². The standard InChI is InChI=1S/C23H18N2O7/c1-4-11-32-18-10-5-14(13-19(18)30-2)12-17-20(26)24-23(29)25(21(17)27)16-8-6-15(7-9-16)22(28)31-3/h1,5-10,12-13H,11H2,2-3H3,(H,24,26,29)/b17-12+. The number of urea groups is 1. The van der Waals surface area contributed by atoms with Crippen LogP contribution in [-0.2, 0) is 14.3 Å². The molecule has 0 bridgehead atoms. The number of carbonyl (C=O) groups excluding carboxylic acids is 4. The van der Waals surface area contributed by atoms with Crippen molar-refractivity contribution in [1.29, 1.82) is 0 Å². The number of terminal acetylenes is 1. The summed E-state index contributed by atoms with van der Waals surface area (Å²) in [5.74, 6) is 0.869. The maximum Gasteiger partial charge on any atom is 0.337 e. The Morgan fingerprint density at radius 3 is 2.44 bits per heavy atom. The molecule has 9 heteroatoms. The third-order valence-corrected chi connectivity index (χ3v) is 4.46. The lowest BCUT2D eigenvalue weighted by molar-refractivity contribution is -0.122. The average Bonchev–Trinajstić information content (AvgIpc) is 2.80. The van der Waals surface area contributed by atoms with Gasteiger partial charge in [-0.2, -0.15) is 0 Å². The number of carbonyl (C=O) groups is 4. The first-order valence-corrected chi connectivity index (χ1v) is 9.23. The van der Waals surface area contributed by atoms with Crippen LogP contribution in [0.2, 0.25) is 0 Å². The van der Waals surface area contributed by atoms with Crippen molar-refractivity contribution in [3.05, 3.63) is 59.2 Å². The number of nitrogens with zero attached hydrogens (tertiary/aromatic N) is 1. The van der Waals surface area contributed by atoms with Crippen LogP contribution in [0, 0.1) is 12.3 Å². The van der Waals surface area contributed by atoms with Crippen LogP contribution >= 0.6 is 0 Å². The van der Waals surface area contributed by atoms with E-state index >= 15 is 0 Å². The lowest BCUT2D eigenvalue weighted by atomic mass is 10.1. The van der Waals surface area contributed by atoms with E-state index in [1.807, 2.05) is 0 Å². The van der Waals surface area contributed by atoms with Gasteiger partial charge in [0.2, 0.25) is 0 Å². The molecule has 0 spiro atoms. The minimum absolute atomic E-state index is 0.0452. The molecule has 9 nitrogen and oxygen atoms in total. The summed E-state index contributed by atoms with van der Waals surface area (Å²) in [6.07, 6.45) is 6.52. The van der Waals surface area contributed by atoms with E-state index in [4.69, 9.17) is 15.9 Å². The average molecular weight is 434 g/mol. The Morgan fingerprint density at radius 1 is 1.09 bits per heavy atom. The number of amides is 4. The third-order valence-electron chi connectivity index (χ3n) is 4.46. The number of hydrogen-bond donors (Lipinski definition) is 1. The van der Waals surface area contributed by atoms with Gasteiger partial charge in [0.1, 0.15) is 12.2 Å². The molecule has 162 valence electrons. The Labute approximate surface area is 183 Å². The largest absolute Gasteiger partial charge is 0.493 e. The number of hydrogen-bond acceptors (Lipinski definition) is 7. The molecule has 1 heterocycles. The van der Waals surface area contributed by atoms with Gasteiger partial charge < -0.3 is 14.2 Å². The predicted molar refractivity (Wildman–Crippen MR) is 114 cm³/mol. The highest BCUT2D eigenvalue weighted by Crippen LogP contribution is 2.30. The molecule has 1 N–H and O–H groups in total. The van der Waals surface area contributed by atoms with Crippen molar-refractivity contribution in [1.82, 2.24) is 5.32 Å². The highest BCUT2D eigenvalue weighted by atomic mass is 16.5. The Balaban J connectivity index is 1.93. The predicted octanol–water partition coefficient (Wildman–Crippen LogP) is 2.16. The zero-order valence-electron chi connectivity index (χ0n) is 17.2. The number of rotatable bonds is 6. The summed E-state index contributed by atoms with van der Waals surface area (Å²) in [5.41, 5.74) is 0.617. The molecular weight excluding hydrogens is 416 g/mol. The molecular formula is C23H18N2O7. The number of anilines is 1. The summed E-state index contributed by atoms with van der Waals surface area (Å²) in [5, 5.41) is 2.13. The molecule has 0 atom stereocenters. The molecule has 0 aromatic heterocycles. The highest BCUT2D eigenvalue weighted by Gasteiger charge is 2.36. The number of benzene rings is 2. The van der Waals surface area contributed by atoms with Crippen LogP contribution in [0.5, 0.6) is 11.5 Å². The fraction of sp³-hybridized carbons (Fsp3) is 0.130. The lowest BCUT2D eigenvalue weighted by Gasteiger charge is -2.26. The summed E-state index contributed by atoms with van der Waals surface area (Å²) in [4.78, 5) is 50.1. The monoisotopic (exact) mass is 434 g/mol. The minimum atomic E-state index is -0.904. The van der Waals surface area contributed by atoms with Crippen LogP contribution in [0.4, 0.5) is 10.5 Å². The van der Waals surface area contributed by atoms with E-state index < -0.39 is 23.8 Å². The van der Waals surface area contributed by atoms with E-state index in [9.17, 15) is 19.2 Å². The zero-order chi connectivity index (χ0) is 23.3. The van der Waals surface area contributed by atoms with Crippen LogP contribution in [-0.4, -0.2) is 44.6 Å². The number of ether oxygens (including phenoxy) is 3. The molecule has 0 unspecified atom stereocenters. The van der Waals surface area contributed by atoms with Gasteiger partial charge in [0.25, 0.3) is 11.8 Å². The third kappa shape index (κ3) is 4.44. The Hall–Kier alpha value is -4.58. The Bertz CT molecular complexity index is 1160. The van der Waals surface area contributed by atoms with E-state index in [2.05, 4.69) is 16.0 Å². The lowest BCUT2D eigenvalue weighted by Crippen LogP contribution is -2.54. The maximum atomic E-state index is 13.0. The fourth-order valence-electron chi connectivity index (χ4n) is 2.94. The second kappa shape index (κ2) is 9.49. The molecule has 32 heavy (non-hydrogen) atoms. The van der Waals surface area contributed by atoms with Crippen molar-refractivity contribution in [3.8, 4) is 23.8 Å². The van der Waals surface area contributed by atoms with Gasteiger partial charge in [-0.05, 0) is 48.0 Å². The van der Waals surface area contributed by atoms with Crippen molar-refractivity contribution >= 4 is 35.6 Å². The van der Waals surface area contributed by atoms with E-state index in [1.54, 1.807) is 18.2 Å². The summed E-state index contributed by atoms with van der Waals surface area (Å²) >= 11 is 0. The second-order valence-corrected chi connectivity index (χ2v) is 6.40. The maximum absolute atomic E-state index is 13.0. The first kappa shape index (κ1) is 22.1. The van der Waals surface area contributed by atoms with Gasteiger partial charge in [0, 0.05) is 0 Å². The van der Waals surface area contributed by atoms with E-state index in [-0.39, 0.29) is 23.4 Å². The number of barbiturate groups is 1. The molecule has 2 aromatic carbocycles.